The van der Waals surface area contributed by atoms with Crippen LogP contribution in [0.15, 0.2) is 0 Å². The summed E-state index contributed by atoms with van der Waals surface area (Å²) in [5, 5.41) is 3.74. The van der Waals surface area contributed by atoms with Gasteiger partial charge in [-0.1, -0.05) is 39.5 Å². The Bertz CT molecular complexity index is 170. The van der Waals surface area contributed by atoms with Crippen molar-refractivity contribution in [3.05, 3.63) is 0 Å². The van der Waals surface area contributed by atoms with E-state index in [2.05, 4.69) is 31.0 Å². The van der Waals surface area contributed by atoms with Gasteiger partial charge in [-0.05, 0) is 45.3 Å². The number of rotatable bonds is 7. The number of likely N-dealkylation sites (N-methyl/N-ethyl adjacent to an activating group) is 1. The molecular weight excluding hydrogens is 208 g/mol. The van der Waals surface area contributed by atoms with Gasteiger partial charge in [0, 0.05) is 12.6 Å². The van der Waals surface area contributed by atoms with E-state index in [0.717, 1.165) is 5.92 Å². The maximum absolute atomic E-state index is 3.74. The molecule has 1 aliphatic carbocycles. The van der Waals surface area contributed by atoms with Gasteiger partial charge >= 0.3 is 0 Å². The lowest BCUT2D eigenvalue weighted by Gasteiger charge is -2.25. The molecular formula is C15H32N2. The number of nitrogens with zero attached hydrogens (tertiary/aromatic N) is 1. The molecule has 0 bridgehead atoms. The molecule has 1 atom stereocenters. The van der Waals surface area contributed by atoms with Crippen LogP contribution in [0.2, 0.25) is 0 Å². The largest absolute Gasteiger partial charge is 0.313 e. The fraction of sp³-hybridized carbons (Fsp3) is 1.00. The van der Waals surface area contributed by atoms with E-state index in [1.807, 2.05) is 0 Å². The van der Waals surface area contributed by atoms with Gasteiger partial charge in [0.2, 0.25) is 0 Å². The Labute approximate surface area is 108 Å². The van der Waals surface area contributed by atoms with E-state index in [0.29, 0.717) is 6.04 Å². The Kier molecular flexibility index (Phi) is 7.87. The Morgan fingerprint density at radius 1 is 1.06 bits per heavy atom. The monoisotopic (exact) mass is 240 g/mol. The second-order valence-electron chi connectivity index (χ2n) is 5.65. The molecule has 0 aliphatic heterocycles. The van der Waals surface area contributed by atoms with Gasteiger partial charge < -0.3 is 10.2 Å². The zero-order valence-corrected chi connectivity index (χ0v) is 12.2. The van der Waals surface area contributed by atoms with Crippen molar-refractivity contribution in [1.29, 1.82) is 0 Å². The molecule has 0 heterocycles. The summed E-state index contributed by atoms with van der Waals surface area (Å²) in [7, 11) is 0. The third-order valence-electron chi connectivity index (χ3n) is 4.16. The minimum absolute atomic E-state index is 0.637. The SMILES string of the molecule is CCN(CC)CC(C)NCC1CCCCCC1. The minimum atomic E-state index is 0.637. The van der Waals surface area contributed by atoms with Gasteiger partial charge in [0.1, 0.15) is 0 Å². The summed E-state index contributed by atoms with van der Waals surface area (Å²) in [5.74, 6) is 0.941. The summed E-state index contributed by atoms with van der Waals surface area (Å²) in [6, 6.07) is 0.637. The zero-order valence-electron chi connectivity index (χ0n) is 12.2. The van der Waals surface area contributed by atoms with Gasteiger partial charge in [0.15, 0.2) is 0 Å². The highest BCUT2D eigenvalue weighted by Crippen LogP contribution is 2.22. The smallest absolute Gasteiger partial charge is 0.0166 e. The van der Waals surface area contributed by atoms with Crippen molar-refractivity contribution in [3.8, 4) is 0 Å². The lowest BCUT2D eigenvalue weighted by molar-refractivity contribution is 0.263. The topological polar surface area (TPSA) is 15.3 Å². The second kappa shape index (κ2) is 8.93. The predicted octanol–water partition coefficient (Wildman–Crippen LogP) is 3.28. The van der Waals surface area contributed by atoms with Crippen LogP contribution in [0.1, 0.15) is 59.3 Å². The third-order valence-corrected chi connectivity index (χ3v) is 4.16. The normalized spacial score (nSPS) is 20.5. The molecule has 0 spiro atoms. The Balaban J connectivity index is 2.15. The molecule has 102 valence electrons. The molecule has 2 heteroatoms. The van der Waals surface area contributed by atoms with Crippen LogP contribution in [-0.4, -0.2) is 37.1 Å². The maximum Gasteiger partial charge on any atom is 0.0166 e. The number of hydrogen-bond acceptors (Lipinski definition) is 2. The van der Waals surface area contributed by atoms with E-state index in [1.54, 1.807) is 0 Å². The lowest BCUT2D eigenvalue weighted by Crippen LogP contribution is -2.40. The summed E-state index contributed by atoms with van der Waals surface area (Å²) >= 11 is 0. The molecule has 1 saturated carbocycles. The van der Waals surface area contributed by atoms with Crippen LogP contribution in [0.5, 0.6) is 0 Å². The average Bonchev–Trinajstić information content (AvgIpc) is 2.62. The first-order chi connectivity index (χ1) is 8.26. The molecule has 0 amide bonds. The van der Waals surface area contributed by atoms with Gasteiger partial charge in [0.25, 0.3) is 0 Å². The van der Waals surface area contributed by atoms with Crippen LogP contribution >= 0.6 is 0 Å². The lowest BCUT2D eigenvalue weighted by atomic mass is 10.0. The molecule has 0 saturated heterocycles. The van der Waals surface area contributed by atoms with E-state index in [1.165, 1.54) is 64.7 Å². The first-order valence-electron chi connectivity index (χ1n) is 7.72. The minimum Gasteiger partial charge on any atom is -0.313 e. The maximum atomic E-state index is 3.74. The van der Waals surface area contributed by atoms with Crippen molar-refractivity contribution >= 4 is 0 Å². The van der Waals surface area contributed by atoms with E-state index < -0.39 is 0 Å². The van der Waals surface area contributed by atoms with Crippen LogP contribution < -0.4 is 5.32 Å². The van der Waals surface area contributed by atoms with Crippen molar-refractivity contribution in [2.45, 2.75) is 65.3 Å². The standard InChI is InChI=1S/C15H32N2/c1-4-17(5-2)13-14(3)16-12-15-10-8-6-7-9-11-15/h14-16H,4-13H2,1-3H3. The summed E-state index contributed by atoms with van der Waals surface area (Å²) < 4.78 is 0. The van der Waals surface area contributed by atoms with E-state index in [4.69, 9.17) is 0 Å². The second-order valence-corrected chi connectivity index (χ2v) is 5.65. The Morgan fingerprint density at radius 3 is 2.18 bits per heavy atom. The van der Waals surface area contributed by atoms with Crippen molar-refractivity contribution < 1.29 is 0 Å². The van der Waals surface area contributed by atoms with Crippen LogP contribution in [0.25, 0.3) is 0 Å². The van der Waals surface area contributed by atoms with Gasteiger partial charge in [-0.3, -0.25) is 0 Å². The van der Waals surface area contributed by atoms with Crippen molar-refractivity contribution in [2.24, 2.45) is 5.92 Å². The summed E-state index contributed by atoms with van der Waals surface area (Å²) in [5.41, 5.74) is 0. The van der Waals surface area contributed by atoms with Gasteiger partial charge in [-0.15, -0.1) is 0 Å². The van der Waals surface area contributed by atoms with Gasteiger partial charge in [0.05, 0.1) is 0 Å². The average molecular weight is 240 g/mol. The fourth-order valence-electron chi connectivity index (χ4n) is 2.87. The Hall–Kier alpha value is -0.0800. The fourth-order valence-corrected chi connectivity index (χ4v) is 2.87. The Morgan fingerprint density at radius 2 is 1.65 bits per heavy atom. The van der Waals surface area contributed by atoms with Gasteiger partial charge in [-0.25, -0.2) is 0 Å². The highest BCUT2D eigenvalue weighted by Gasteiger charge is 2.13. The van der Waals surface area contributed by atoms with Crippen LogP contribution in [0.4, 0.5) is 0 Å². The molecule has 0 aromatic heterocycles. The van der Waals surface area contributed by atoms with Crippen molar-refractivity contribution in [2.75, 3.05) is 26.2 Å². The van der Waals surface area contributed by atoms with E-state index in [-0.39, 0.29) is 0 Å². The van der Waals surface area contributed by atoms with E-state index in [9.17, 15) is 0 Å². The summed E-state index contributed by atoms with van der Waals surface area (Å²) in [6.45, 7) is 11.6. The van der Waals surface area contributed by atoms with Crippen LogP contribution in [-0.2, 0) is 0 Å². The molecule has 1 unspecified atom stereocenters. The summed E-state index contributed by atoms with van der Waals surface area (Å²) in [6.07, 6.45) is 8.74. The number of hydrogen-bond donors (Lipinski definition) is 1. The van der Waals surface area contributed by atoms with Crippen LogP contribution in [0.3, 0.4) is 0 Å². The molecule has 2 nitrogen and oxygen atoms in total. The molecule has 17 heavy (non-hydrogen) atoms. The quantitative estimate of drug-likeness (QED) is 0.687. The first kappa shape index (κ1) is 15.0. The predicted molar refractivity (Wildman–Crippen MR) is 76.4 cm³/mol. The third kappa shape index (κ3) is 6.42. The molecule has 0 aromatic carbocycles. The molecule has 1 rings (SSSR count). The zero-order chi connectivity index (χ0) is 12.5. The molecule has 0 radical (unpaired) electrons. The first-order valence-corrected chi connectivity index (χ1v) is 7.72. The number of nitrogens with one attached hydrogen (secondary N) is 1. The van der Waals surface area contributed by atoms with Crippen molar-refractivity contribution in [1.82, 2.24) is 10.2 Å². The highest BCUT2D eigenvalue weighted by atomic mass is 15.1. The van der Waals surface area contributed by atoms with Crippen LogP contribution in [0, 0.1) is 5.92 Å². The molecule has 1 fully saturated rings. The highest BCUT2D eigenvalue weighted by molar-refractivity contribution is 4.71. The summed E-state index contributed by atoms with van der Waals surface area (Å²) in [4.78, 5) is 2.50. The van der Waals surface area contributed by atoms with Gasteiger partial charge in [-0.2, -0.15) is 0 Å². The molecule has 1 aliphatic rings. The molecule has 0 aromatic rings. The van der Waals surface area contributed by atoms with E-state index >= 15 is 0 Å². The van der Waals surface area contributed by atoms with Crippen molar-refractivity contribution in [3.63, 3.8) is 0 Å². The molecule has 1 N–H and O–H groups in total.